The van der Waals surface area contributed by atoms with E-state index in [1.54, 1.807) is 6.08 Å². The Kier molecular flexibility index (Phi) is 2.65. The van der Waals surface area contributed by atoms with Crippen LogP contribution < -0.4 is 4.74 Å². The molecule has 1 aromatic carbocycles. The molecule has 0 radical (unpaired) electrons. The van der Waals surface area contributed by atoms with Gasteiger partial charge in [0.25, 0.3) is 0 Å². The monoisotopic (exact) mass is 210 g/mol. The quantitative estimate of drug-likeness (QED) is 0.721. The molecule has 2 rings (SSSR count). The van der Waals surface area contributed by atoms with Gasteiger partial charge in [0.15, 0.2) is 11.1 Å². The predicted octanol–water partition coefficient (Wildman–Crippen LogP) is 2.03. The minimum atomic E-state index is -1.89. The van der Waals surface area contributed by atoms with E-state index in [4.69, 9.17) is 9.29 Å². The predicted molar refractivity (Wildman–Crippen MR) is 55.3 cm³/mol. The van der Waals surface area contributed by atoms with E-state index < -0.39 is 11.1 Å². The highest BCUT2D eigenvalue weighted by Gasteiger charge is 2.11. The van der Waals surface area contributed by atoms with Gasteiger partial charge in [-0.25, -0.2) is 4.21 Å². The number of hydrogen-bond acceptors (Lipinski definition) is 2. The van der Waals surface area contributed by atoms with Gasteiger partial charge in [-0.2, -0.15) is 0 Å². The van der Waals surface area contributed by atoms with Crippen molar-refractivity contribution >= 4 is 17.2 Å². The fourth-order valence-electron chi connectivity index (χ4n) is 1.38. The first-order valence-corrected chi connectivity index (χ1v) is 5.41. The Morgan fingerprint density at radius 1 is 1.36 bits per heavy atom. The van der Waals surface area contributed by atoms with Crippen molar-refractivity contribution in [3.63, 3.8) is 0 Å². The number of fused-ring (bicyclic) bond motifs is 1. The molecule has 1 aliphatic heterocycles. The molecule has 0 spiro atoms. The van der Waals surface area contributed by atoms with Crippen molar-refractivity contribution in [1.29, 1.82) is 0 Å². The molecule has 14 heavy (non-hydrogen) atoms. The third-order valence-corrected chi connectivity index (χ3v) is 2.84. The molecular formula is C10H10O3S. The van der Waals surface area contributed by atoms with Gasteiger partial charge in [-0.05, 0) is 12.1 Å². The second-order valence-electron chi connectivity index (χ2n) is 3.00. The molecule has 1 unspecified atom stereocenters. The van der Waals surface area contributed by atoms with Crippen molar-refractivity contribution in [2.45, 2.75) is 6.42 Å². The minimum absolute atomic E-state index is 0.454. The first-order chi connectivity index (χ1) is 6.77. The van der Waals surface area contributed by atoms with Crippen molar-refractivity contribution in [2.75, 3.05) is 6.61 Å². The van der Waals surface area contributed by atoms with Gasteiger partial charge < -0.3 is 9.29 Å². The molecule has 1 heterocycles. The van der Waals surface area contributed by atoms with E-state index in [9.17, 15) is 4.21 Å². The summed E-state index contributed by atoms with van der Waals surface area (Å²) in [6.07, 6.45) is 2.22. The lowest BCUT2D eigenvalue weighted by molar-refractivity contribution is 0.325. The van der Waals surface area contributed by atoms with Crippen LogP contribution in [0, 0.1) is 0 Å². The Morgan fingerprint density at radius 2 is 2.14 bits per heavy atom. The van der Waals surface area contributed by atoms with E-state index in [0.717, 1.165) is 11.3 Å². The van der Waals surface area contributed by atoms with Crippen molar-refractivity contribution in [1.82, 2.24) is 0 Å². The Bertz CT molecular complexity index is 398. The topological polar surface area (TPSA) is 46.5 Å². The summed E-state index contributed by atoms with van der Waals surface area (Å²) in [5, 5.41) is 0. The molecule has 1 atom stereocenters. The molecule has 0 amide bonds. The molecule has 74 valence electrons. The number of ether oxygens (including phenoxy) is 1. The molecule has 0 saturated carbocycles. The maximum Gasteiger partial charge on any atom is 0.182 e. The molecule has 0 bridgehead atoms. The van der Waals surface area contributed by atoms with Crippen molar-refractivity contribution in [3.8, 4) is 5.75 Å². The summed E-state index contributed by atoms with van der Waals surface area (Å²) in [5.74, 6) is 0.771. The van der Waals surface area contributed by atoms with E-state index in [1.165, 1.54) is 0 Å². The zero-order chi connectivity index (χ0) is 9.97. The first kappa shape index (κ1) is 9.43. The molecule has 0 aromatic heterocycles. The summed E-state index contributed by atoms with van der Waals surface area (Å²) < 4.78 is 25.3. The SMILES string of the molecule is O=S(O)C1=Cc2ccccc2OCC1. The number of benzene rings is 1. The molecular weight excluding hydrogens is 200 g/mol. The molecule has 1 aromatic rings. The second kappa shape index (κ2) is 3.94. The average molecular weight is 210 g/mol. The van der Waals surface area contributed by atoms with Crippen LogP contribution in [0.25, 0.3) is 6.08 Å². The van der Waals surface area contributed by atoms with Crippen LogP contribution in [-0.2, 0) is 11.1 Å². The maximum atomic E-state index is 10.9. The van der Waals surface area contributed by atoms with Gasteiger partial charge in [0.05, 0.1) is 6.61 Å². The Morgan fingerprint density at radius 3 is 2.93 bits per heavy atom. The summed E-state index contributed by atoms with van der Waals surface area (Å²) in [7, 11) is 0. The summed E-state index contributed by atoms with van der Waals surface area (Å²) in [6.45, 7) is 0.454. The fraction of sp³-hybridized carbons (Fsp3) is 0.200. The van der Waals surface area contributed by atoms with E-state index in [-0.39, 0.29) is 0 Å². The van der Waals surface area contributed by atoms with Gasteiger partial charge in [-0.15, -0.1) is 0 Å². The molecule has 0 fully saturated rings. The zero-order valence-corrected chi connectivity index (χ0v) is 8.29. The van der Waals surface area contributed by atoms with Gasteiger partial charge in [-0.3, -0.25) is 0 Å². The van der Waals surface area contributed by atoms with Crippen LogP contribution in [0.1, 0.15) is 12.0 Å². The standard InChI is InChI=1S/C10H10O3S/c11-14(12)9-5-6-13-10-4-2-1-3-8(10)7-9/h1-4,7H,5-6H2,(H,11,12). The lowest BCUT2D eigenvalue weighted by atomic mass is 10.2. The Hall–Kier alpha value is -1.13. The van der Waals surface area contributed by atoms with Crippen molar-refractivity contribution in [3.05, 3.63) is 34.7 Å². The fourth-order valence-corrected chi connectivity index (χ4v) is 1.86. The lowest BCUT2D eigenvalue weighted by Crippen LogP contribution is -1.99. The smallest absolute Gasteiger partial charge is 0.182 e. The van der Waals surface area contributed by atoms with Crippen LogP contribution >= 0.6 is 0 Å². The highest BCUT2D eigenvalue weighted by atomic mass is 32.2. The third-order valence-electron chi connectivity index (χ3n) is 2.07. The number of para-hydroxylation sites is 1. The van der Waals surface area contributed by atoms with Gasteiger partial charge >= 0.3 is 0 Å². The summed E-state index contributed by atoms with van der Waals surface area (Å²) in [6, 6.07) is 7.48. The molecule has 1 aliphatic rings. The van der Waals surface area contributed by atoms with Crippen LogP contribution in [-0.4, -0.2) is 15.4 Å². The van der Waals surface area contributed by atoms with Gasteiger partial charge in [-0.1, -0.05) is 18.2 Å². The third kappa shape index (κ3) is 1.86. The van der Waals surface area contributed by atoms with Gasteiger partial charge in [0, 0.05) is 16.9 Å². The van der Waals surface area contributed by atoms with Crippen LogP contribution in [0.4, 0.5) is 0 Å². The molecule has 3 nitrogen and oxygen atoms in total. The number of hydrogen-bond donors (Lipinski definition) is 1. The van der Waals surface area contributed by atoms with Crippen molar-refractivity contribution in [2.24, 2.45) is 0 Å². The highest BCUT2D eigenvalue weighted by Crippen LogP contribution is 2.26. The molecule has 4 heteroatoms. The zero-order valence-electron chi connectivity index (χ0n) is 7.47. The largest absolute Gasteiger partial charge is 0.493 e. The van der Waals surface area contributed by atoms with Crippen LogP contribution in [0.5, 0.6) is 5.75 Å². The van der Waals surface area contributed by atoms with Crippen LogP contribution in [0.3, 0.4) is 0 Å². The normalized spacial score (nSPS) is 17.4. The summed E-state index contributed by atoms with van der Waals surface area (Å²) in [5.41, 5.74) is 0.863. The van der Waals surface area contributed by atoms with Gasteiger partial charge in [0.1, 0.15) is 5.75 Å². The molecule has 1 N–H and O–H groups in total. The van der Waals surface area contributed by atoms with Crippen LogP contribution in [0.15, 0.2) is 29.2 Å². The minimum Gasteiger partial charge on any atom is -0.493 e. The van der Waals surface area contributed by atoms with E-state index in [2.05, 4.69) is 0 Å². The Balaban J connectivity index is 2.44. The van der Waals surface area contributed by atoms with E-state index in [1.807, 2.05) is 24.3 Å². The van der Waals surface area contributed by atoms with Crippen molar-refractivity contribution < 1.29 is 13.5 Å². The van der Waals surface area contributed by atoms with E-state index in [0.29, 0.717) is 17.9 Å². The van der Waals surface area contributed by atoms with Gasteiger partial charge in [0.2, 0.25) is 0 Å². The lowest BCUT2D eigenvalue weighted by Gasteiger charge is -2.03. The summed E-state index contributed by atoms with van der Waals surface area (Å²) in [4.78, 5) is 0.509. The summed E-state index contributed by atoms with van der Waals surface area (Å²) >= 11 is -1.89. The number of rotatable bonds is 1. The maximum absolute atomic E-state index is 10.9. The van der Waals surface area contributed by atoms with E-state index >= 15 is 0 Å². The average Bonchev–Trinajstić information content (AvgIpc) is 2.39. The highest BCUT2D eigenvalue weighted by molar-refractivity contribution is 7.83. The molecule has 0 aliphatic carbocycles. The second-order valence-corrected chi connectivity index (χ2v) is 4.02. The molecule has 0 saturated heterocycles. The Labute approximate surface area is 84.7 Å². The van der Waals surface area contributed by atoms with Crippen LogP contribution in [0.2, 0.25) is 0 Å². The first-order valence-electron chi connectivity index (χ1n) is 4.30.